The van der Waals surface area contributed by atoms with Crippen LogP contribution in [-0.4, -0.2) is 47.2 Å². The van der Waals surface area contributed by atoms with Gasteiger partial charge in [-0.25, -0.2) is 14.4 Å². The lowest BCUT2D eigenvalue weighted by molar-refractivity contribution is -0.0322. The largest absolute Gasteiger partial charge is 0.379 e. The van der Waals surface area contributed by atoms with Gasteiger partial charge in [0, 0.05) is 24.5 Å². The van der Waals surface area contributed by atoms with E-state index >= 15 is 0 Å². The molecular weight excluding hydrogens is 283 g/mol. The summed E-state index contributed by atoms with van der Waals surface area (Å²) >= 11 is 0. The van der Waals surface area contributed by atoms with Crippen LogP contribution in [0.25, 0.3) is 0 Å². The molecule has 1 aromatic rings. The van der Waals surface area contributed by atoms with Crippen LogP contribution in [0, 0.1) is 17.2 Å². The molecule has 0 radical (unpaired) electrons. The normalized spacial score (nSPS) is 29.5. The summed E-state index contributed by atoms with van der Waals surface area (Å²) in [6, 6.07) is 0.539. The van der Waals surface area contributed by atoms with Crippen molar-refractivity contribution in [1.29, 1.82) is 0 Å². The third-order valence-corrected chi connectivity index (χ3v) is 4.96. The fraction of sp³-hybridized carbons (Fsp3) is 0.750. The van der Waals surface area contributed by atoms with Crippen molar-refractivity contribution >= 4 is 5.95 Å². The van der Waals surface area contributed by atoms with E-state index in [0.29, 0.717) is 24.1 Å². The van der Waals surface area contributed by atoms with Gasteiger partial charge in [0.25, 0.3) is 0 Å². The fourth-order valence-electron chi connectivity index (χ4n) is 3.86. The number of anilines is 1. The Kier molecular flexibility index (Phi) is 4.32. The molecule has 1 aliphatic heterocycles. The maximum atomic E-state index is 13.7. The van der Waals surface area contributed by atoms with Crippen LogP contribution >= 0.6 is 0 Å². The number of hydrogen-bond donors (Lipinski definition) is 1. The molecule has 1 saturated heterocycles. The Morgan fingerprint density at radius 1 is 1.50 bits per heavy atom. The van der Waals surface area contributed by atoms with Crippen molar-refractivity contribution in [2.45, 2.75) is 39.2 Å². The average molecular weight is 308 g/mol. The molecule has 1 saturated carbocycles. The van der Waals surface area contributed by atoms with Crippen molar-refractivity contribution in [2.24, 2.45) is 11.3 Å². The molecule has 2 heterocycles. The summed E-state index contributed by atoms with van der Waals surface area (Å²) in [5.74, 6) is 0.254. The quantitative estimate of drug-likeness (QED) is 0.923. The highest BCUT2D eigenvalue weighted by Gasteiger charge is 2.46. The highest BCUT2D eigenvalue weighted by atomic mass is 19.1. The van der Waals surface area contributed by atoms with Crippen LogP contribution in [0.15, 0.2) is 6.20 Å². The molecule has 2 fully saturated rings. The minimum atomic E-state index is -0.351. The van der Waals surface area contributed by atoms with E-state index in [1.165, 1.54) is 6.20 Å². The molecule has 2 N–H and O–H groups in total. The molecule has 2 aliphatic rings. The van der Waals surface area contributed by atoms with Crippen molar-refractivity contribution in [1.82, 2.24) is 14.9 Å². The molecule has 3 rings (SSSR count). The van der Waals surface area contributed by atoms with Crippen LogP contribution in [0.1, 0.15) is 32.4 Å². The molecule has 6 heteroatoms. The number of nitrogens with two attached hydrogens (primary N) is 1. The second-order valence-corrected chi connectivity index (χ2v) is 7.12. The van der Waals surface area contributed by atoms with E-state index in [1.54, 1.807) is 0 Å². The third-order valence-electron chi connectivity index (χ3n) is 4.96. The first-order valence-corrected chi connectivity index (χ1v) is 8.06. The Hall–Kier alpha value is -1.27. The molecule has 1 aliphatic carbocycles. The van der Waals surface area contributed by atoms with E-state index < -0.39 is 0 Å². The molecule has 0 amide bonds. The Morgan fingerprint density at radius 3 is 3.00 bits per heavy atom. The molecule has 122 valence electrons. The lowest BCUT2D eigenvalue weighted by atomic mass is 9.60. The Balaban J connectivity index is 1.61. The van der Waals surface area contributed by atoms with E-state index in [-0.39, 0.29) is 17.2 Å². The predicted octanol–water partition coefficient (Wildman–Crippen LogP) is 1.88. The zero-order chi connectivity index (χ0) is 15.7. The van der Waals surface area contributed by atoms with Crippen LogP contribution in [0.3, 0.4) is 0 Å². The van der Waals surface area contributed by atoms with Gasteiger partial charge in [0.1, 0.15) is 0 Å². The molecule has 5 nitrogen and oxygen atoms in total. The molecule has 22 heavy (non-hydrogen) atoms. The highest BCUT2D eigenvalue weighted by Crippen LogP contribution is 2.48. The van der Waals surface area contributed by atoms with Crippen molar-refractivity contribution < 1.29 is 9.13 Å². The lowest BCUT2D eigenvalue weighted by Crippen LogP contribution is -2.49. The molecular formula is C16H25FN4O. The number of ether oxygens (including phenoxy) is 1. The lowest BCUT2D eigenvalue weighted by Gasteiger charge is -2.49. The minimum absolute atomic E-state index is 0.147. The first-order chi connectivity index (χ1) is 10.5. The summed E-state index contributed by atoms with van der Waals surface area (Å²) in [6.07, 6.45) is 3.95. The Labute approximate surface area is 131 Å². The monoisotopic (exact) mass is 308 g/mol. The number of aromatic nitrogens is 2. The van der Waals surface area contributed by atoms with Gasteiger partial charge in [-0.15, -0.1) is 0 Å². The zero-order valence-corrected chi connectivity index (χ0v) is 13.4. The van der Waals surface area contributed by atoms with E-state index in [9.17, 15) is 4.39 Å². The Morgan fingerprint density at radius 2 is 2.27 bits per heavy atom. The van der Waals surface area contributed by atoms with Crippen LogP contribution in [0.4, 0.5) is 10.3 Å². The molecule has 1 spiro atoms. The number of nitrogen functional groups attached to an aromatic ring is 1. The van der Waals surface area contributed by atoms with E-state index in [1.807, 2.05) is 0 Å². The topological polar surface area (TPSA) is 64.3 Å². The van der Waals surface area contributed by atoms with Crippen molar-refractivity contribution in [3.05, 3.63) is 17.7 Å². The SMILES string of the molecule is CC(C)N1CCOCC2(CC(Cc3nc(N)ncc3F)C2)C1. The van der Waals surface area contributed by atoms with Gasteiger partial charge in [0.05, 0.1) is 25.1 Å². The predicted molar refractivity (Wildman–Crippen MR) is 82.8 cm³/mol. The highest BCUT2D eigenvalue weighted by molar-refractivity contribution is 5.19. The minimum Gasteiger partial charge on any atom is -0.379 e. The van der Waals surface area contributed by atoms with Gasteiger partial charge in [-0.3, -0.25) is 4.90 Å². The van der Waals surface area contributed by atoms with Crippen LogP contribution < -0.4 is 5.73 Å². The van der Waals surface area contributed by atoms with E-state index in [0.717, 1.165) is 39.1 Å². The standard InChI is InChI=1S/C16H25FN4O/c1-11(2)21-3-4-22-10-16(9-21)6-12(7-16)5-14-13(17)8-19-15(18)20-14/h8,11-12H,3-7,9-10H2,1-2H3,(H2,18,19,20). The van der Waals surface area contributed by atoms with Gasteiger partial charge < -0.3 is 10.5 Å². The fourth-order valence-corrected chi connectivity index (χ4v) is 3.86. The summed E-state index contributed by atoms with van der Waals surface area (Å²) in [6.45, 7) is 8.17. The van der Waals surface area contributed by atoms with Crippen molar-refractivity contribution in [2.75, 3.05) is 32.0 Å². The second kappa shape index (κ2) is 6.08. The molecule has 0 unspecified atom stereocenters. The molecule has 1 aromatic heterocycles. The number of halogens is 1. The van der Waals surface area contributed by atoms with E-state index in [2.05, 4.69) is 28.7 Å². The van der Waals surface area contributed by atoms with Gasteiger partial charge in [0.2, 0.25) is 5.95 Å². The Bertz CT molecular complexity index is 531. The third kappa shape index (κ3) is 3.22. The molecule has 0 aromatic carbocycles. The van der Waals surface area contributed by atoms with Crippen molar-refractivity contribution in [3.63, 3.8) is 0 Å². The maximum absolute atomic E-state index is 13.7. The van der Waals surface area contributed by atoms with E-state index in [4.69, 9.17) is 10.5 Å². The van der Waals surface area contributed by atoms with Crippen LogP contribution in [-0.2, 0) is 11.2 Å². The van der Waals surface area contributed by atoms with Gasteiger partial charge >= 0.3 is 0 Å². The molecule has 0 bridgehead atoms. The first-order valence-electron chi connectivity index (χ1n) is 8.06. The van der Waals surface area contributed by atoms with Crippen LogP contribution in [0.5, 0.6) is 0 Å². The summed E-state index contributed by atoms with van der Waals surface area (Å²) in [5.41, 5.74) is 6.24. The maximum Gasteiger partial charge on any atom is 0.220 e. The summed E-state index contributed by atoms with van der Waals surface area (Å²) in [4.78, 5) is 10.2. The van der Waals surface area contributed by atoms with Crippen molar-refractivity contribution in [3.8, 4) is 0 Å². The number of rotatable bonds is 3. The smallest absolute Gasteiger partial charge is 0.220 e. The summed E-state index contributed by atoms with van der Waals surface area (Å²) in [5, 5.41) is 0. The zero-order valence-electron chi connectivity index (χ0n) is 13.4. The van der Waals surface area contributed by atoms with Gasteiger partial charge in [-0.2, -0.15) is 0 Å². The molecule has 0 atom stereocenters. The van der Waals surface area contributed by atoms with Gasteiger partial charge in [-0.1, -0.05) is 0 Å². The summed E-state index contributed by atoms with van der Waals surface area (Å²) in [7, 11) is 0. The summed E-state index contributed by atoms with van der Waals surface area (Å²) < 4.78 is 19.6. The van der Waals surface area contributed by atoms with Gasteiger partial charge in [-0.05, 0) is 39.0 Å². The second-order valence-electron chi connectivity index (χ2n) is 7.12. The average Bonchev–Trinajstić information content (AvgIpc) is 2.65. The number of nitrogens with zero attached hydrogens (tertiary/aromatic N) is 3. The van der Waals surface area contributed by atoms with Crippen LogP contribution in [0.2, 0.25) is 0 Å². The number of hydrogen-bond acceptors (Lipinski definition) is 5. The van der Waals surface area contributed by atoms with Gasteiger partial charge in [0.15, 0.2) is 5.82 Å². The first kappa shape index (κ1) is 15.6.